The maximum Gasteiger partial charge on any atom is 0.239 e. The highest BCUT2D eigenvalue weighted by molar-refractivity contribution is 6.30. The van der Waals surface area contributed by atoms with Crippen LogP contribution in [0.2, 0.25) is 5.02 Å². The normalized spacial score (nSPS) is 12.3. The van der Waals surface area contributed by atoms with Gasteiger partial charge in [0, 0.05) is 16.8 Å². The van der Waals surface area contributed by atoms with Crippen molar-refractivity contribution in [3.63, 3.8) is 0 Å². The summed E-state index contributed by atoms with van der Waals surface area (Å²) in [6.07, 6.45) is 0. The van der Waals surface area contributed by atoms with Crippen molar-refractivity contribution in [2.24, 2.45) is 5.92 Å². The lowest BCUT2D eigenvalue weighted by molar-refractivity contribution is -0.120. The van der Waals surface area contributed by atoms with Crippen LogP contribution in [0.4, 0.5) is 5.69 Å². The molecule has 1 amide bonds. The smallest absolute Gasteiger partial charge is 0.239 e. The number of benzene rings is 1. The quantitative estimate of drug-likeness (QED) is 0.848. The van der Waals surface area contributed by atoms with Crippen LogP contribution in [0.1, 0.15) is 20.8 Å². The predicted octanol–water partition coefficient (Wildman–Crippen LogP) is 2.91. The molecular weight excluding hydrogens is 236 g/mol. The summed E-state index contributed by atoms with van der Waals surface area (Å²) in [5.41, 5.74) is 0.891. The van der Waals surface area contributed by atoms with Crippen LogP contribution in [0.3, 0.4) is 0 Å². The Bertz CT molecular complexity index is 362. The second kappa shape index (κ2) is 6.50. The molecule has 0 heterocycles. The van der Waals surface area contributed by atoms with E-state index in [2.05, 4.69) is 24.5 Å². The van der Waals surface area contributed by atoms with Crippen LogP contribution in [0.25, 0.3) is 0 Å². The van der Waals surface area contributed by atoms with Gasteiger partial charge >= 0.3 is 0 Å². The van der Waals surface area contributed by atoms with E-state index in [0.29, 0.717) is 10.9 Å². The van der Waals surface area contributed by atoms with Gasteiger partial charge in [-0.15, -0.1) is 0 Å². The highest BCUT2D eigenvalue weighted by Crippen LogP contribution is 2.12. The summed E-state index contributed by atoms with van der Waals surface area (Å²) in [7, 11) is 0. The number of carbonyl (C=O) groups excluding carboxylic acids is 1. The van der Waals surface area contributed by atoms with Crippen molar-refractivity contribution in [1.29, 1.82) is 0 Å². The molecule has 1 rings (SSSR count). The molecule has 0 aliphatic rings. The summed E-state index contributed by atoms with van der Waals surface area (Å²) in [4.78, 5) is 11.6. The maximum atomic E-state index is 11.6. The first-order valence-corrected chi connectivity index (χ1v) is 6.15. The zero-order valence-corrected chi connectivity index (χ0v) is 11.2. The first-order valence-electron chi connectivity index (χ1n) is 5.78. The number of amides is 1. The van der Waals surface area contributed by atoms with E-state index in [1.165, 1.54) is 0 Å². The van der Waals surface area contributed by atoms with Crippen LogP contribution in [-0.2, 0) is 4.79 Å². The Balaban J connectivity index is 2.35. The summed E-state index contributed by atoms with van der Waals surface area (Å²) in [6.45, 7) is 6.44. The standard InChI is InChI=1S/C13H19ClN2O/c1-9(2)10(3)16-13(17)8-15-12-6-4-11(14)5-7-12/h4-7,9-10,15H,8H2,1-3H3,(H,16,17). The molecule has 94 valence electrons. The number of hydrogen-bond donors (Lipinski definition) is 2. The van der Waals surface area contributed by atoms with Crippen LogP contribution in [0.5, 0.6) is 0 Å². The molecule has 4 heteroatoms. The van der Waals surface area contributed by atoms with Crippen LogP contribution >= 0.6 is 11.6 Å². The summed E-state index contributed by atoms with van der Waals surface area (Å²) in [5.74, 6) is 0.440. The van der Waals surface area contributed by atoms with E-state index in [1.807, 2.05) is 19.1 Å². The van der Waals surface area contributed by atoms with E-state index >= 15 is 0 Å². The van der Waals surface area contributed by atoms with Crippen molar-refractivity contribution in [2.75, 3.05) is 11.9 Å². The van der Waals surface area contributed by atoms with Crippen molar-refractivity contribution in [2.45, 2.75) is 26.8 Å². The third-order valence-corrected chi connectivity index (χ3v) is 2.94. The Morgan fingerprint density at radius 1 is 1.24 bits per heavy atom. The molecular formula is C13H19ClN2O. The van der Waals surface area contributed by atoms with Crippen molar-refractivity contribution in [3.05, 3.63) is 29.3 Å². The van der Waals surface area contributed by atoms with Gasteiger partial charge in [-0.1, -0.05) is 25.4 Å². The van der Waals surface area contributed by atoms with E-state index in [-0.39, 0.29) is 18.5 Å². The minimum atomic E-state index is 0.00106. The fourth-order valence-electron chi connectivity index (χ4n) is 1.22. The number of halogens is 1. The highest BCUT2D eigenvalue weighted by Gasteiger charge is 2.09. The summed E-state index contributed by atoms with van der Waals surface area (Å²) < 4.78 is 0. The lowest BCUT2D eigenvalue weighted by atomic mass is 10.1. The lowest BCUT2D eigenvalue weighted by Crippen LogP contribution is -2.39. The Labute approximate surface area is 108 Å². The van der Waals surface area contributed by atoms with E-state index in [4.69, 9.17) is 11.6 Å². The van der Waals surface area contributed by atoms with Crippen molar-refractivity contribution >= 4 is 23.2 Å². The molecule has 1 atom stereocenters. The second-order valence-electron chi connectivity index (χ2n) is 4.46. The average molecular weight is 255 g/mol. The van der Waals surface area contributed by atoms with Crippen molar-refractivity contribution in [3.8, 4) is 0 Å². The van der Waals surface area contributed by atoms with Crippen LogP contribution < -0.4 is 10.6 Å². The minimum absolute atomic E-state index is 0.00106. The molecule has 0 saturated carbocycles. The molecule has 3 nitrogen and oxygen atoms in total. The average Bonchev–Trinajstić information content (AvgIpc) is 2.28. The topological polar surface area (TPSA) is 41.1 Å². The number of carbonyl (C=O) groups is 1. The SMILES string of the molecule is CC(C)C(C)NC(=O)CNc1ccc(Cl)cc1. The van der Waals surface area contributed by atoms with Crippen LogP contribution in [0.15, 0.2) is 24.3 Å². The maximum absolute atomic E-state index is 11.6. The predicted molar refractivity (Wildman–Crippen MR) is 72.4 cm³/mol. The summed E-state index contributed by atoms with van der Waals surface area (Å²) in [5, 5.41) is 6.67. The van der Waals surface area contributed by atoms with Crippen molar-refractivity contribution in [1.82, 2.24) is 5.32 Å². The molecule has 2 N–H and O–H groups in total. The van der Waals surface area contributed by atoms with E-state index in [1.54, 1.807) is 12.1 Å². The van der Waals surface area contributed by atoms with Gasteiger partial charge in [0.15, 0.2) is 0 Å². The van der Waals surface area contributed by atoms with Gasteiger partial charge in [-0.3, -0.25) is 4.79 Å². The fraction of sp³-hybridized carbons (Fsp3) is 0.462. The number of anilines is 1. The molecule has 1 unspecified atom stereocenters. The first kappa shape index (κ1) is 13.8. The molecule has 0 spiro atoms. The largest absolute Gasteiger partial charge is 0.376 e. The lowest BCUT2D eigenvalue weighted by Gasteiger charge is -2.17. The molecule has 0 fully saturated rings. The van der Waals surface area contributed by atoms with Gasteiger partial charge in [-0.25, -0.2) is 0 Å². The Kier molecular flexibility index (Phi) is 5.29. The molecule has 1 aromatic rings. The van der Waals surface area contributed by atoms with Gasteiger partial charge in [0.1, 0.15) is 0 Å². The Morgan fingerprint density at radius 2 is 1.82 bits per heavy atom. The van der Waals surface area contributed by atoms with Gasteiger partial charge in [0.2, 0.25) is 5.91 Å². The van der Waals surface area contributed by atoms with E-state index in [9.17, 15) is 4.79 Å². The van der Waals surface area contributed by atoms with Gasteiger partial charge in [-0.2, -0.15) is 0 Å². The third-order valence-electron chi connectivity index (χ3n) is 2.69. The molecule has 0 saturated heterocycles. The molecule has 1 aromatic carbocycles. The van der Waals surface area contributed by atoms with Gasteiger partial charge in [-0.05, 0) is 37.1 Å². The van der Waals surface area contributed by atoms with E-state index < -0.39 is 0 Å². The molecule has 0 radical (unpaired) electrons. The second-order valence-corrected chi connectivity index (χ2v) is 4.90. The highest BCUT2D eigenvalue weighted by atomic mass is 35.5. The molecule has 0 bridgehead atoms. The Morgan fingerprint density at radius 3 is 2.35 bits per heavy atom. The number of hydrogen-bond acceptors (Lipinski definition) is 2. The molecule has 0 aliphatic carbocycles. The fourth-order valence-corrected chi connectivity index (χ4v) is 1.35. The summed E-state index contributed by atoms with van der Waals surface area (Å²) >= 11 is 5.77. The van der Waals surface area contributed by atoms with Gasteiger partial charge in [0.05, 0.1) is 6.54 Å². The number of rotatable bonds is 5. The third kappa shape index (κ3) is 5.09. The molecule has 0 aliphatic heterocycles. The first-order chi connectivity index (χ1) is 7.99. The van der Waals surface area contributed by atoms with Gasteiger partial charge in [0.25, 0.3) is 0 Å². The van der Waals surface area contributed by atoms with Crippen LogP contribution in [-0.4, -0.2) is 18.5 Å². The number of nitrogens with one attached hydrogen (secondary N) is 2. The van der Waals surface area contributed by atoms with Gasteiger partial charge < -0.3 is 10.6 Å². The Hall–Kier alpha value is -1.22. The van der Waals surface area contributed by atoms with Crippen LogP contribution in [0, 0.1) is 5.92 Å². The molecule has 17 heavy (non-hydrogen) atoms. The zero-order chi connectivity index (χ0) is 12.8. The monoisotopic (exact) mass is 254 g/mol. The summed E-state index contributed by atoms with van der Waals surface area (Å²) in [6, 6.07) is 7.47. The van der Waals surface area contributed by atoms with E-state index in [0.717, 1.165) is 5.69 Å². The molecule has 0 aromatic heterocycles. The zero-order valence-electron chi connectivity index (χ0n) is 10.5. The van der Waals surface area contributed by atoms with Crippen molar-refractivity contribution < 1.29 is 4.79 Å². The minimum Gasteiger partial charge on any atom is -0.376 e.